The van der Waals surface area contributed by atoms with E-state index in [0.29, 0.717) is 36.3 Å². The van der Waals surface area contributed by atoms with Crippen LogP contribution in [0.5, 0.6) is 0 Å². The molecule has 0 bridgehead atoms. The fourth-order valence-electron chi connectivity index (χ4n) is 10.9. The fraction of sp³-hybridized carbons (Fsp3) is 0.692. The van der Waals surface area contributed by atoms with Gasteiger partial charge in [-0.25, -0.2) is 0 Å². The Balaban J connectivity index is 1.04. The zero-order chi connectivity index (χ0) is 32.0. The molecule has 5 aliphatic rings. The second-order valence-corrected chi connectivity index (χ2v) is 15.9. The second-order valence-electron chi connectivity index (χ2n) is 15.9. The molecule has 1 amide bonds. The number of nitrogens with zero attached hydrogens (tertiary/aromatic N) is 2. The summed E-state index contributed by atoms with van der Waals surface area (Å²) in [4.78, 5) is 20.9. The van der Waals surface area contributed by atoms with E-state index in [9.17, 15) is 9.90 Å². The van der Waals surface area contributed by atoms with Gasteiger partial charge >= 0.3 is 0 Å². The smallest absolute Gasteiger partial charge is 0.260 e. The van der Waals surface area contributed by atoms with Gasteiger partial charge in [-0.15, -0.1) is 6.42 Å². The van der Waals surface area contributed by atoms with Crippen LogP contribution in [0.1, 0.15) is 97.5 Å². The number of nitrogens with one attached hydrogen (secondary N) is 1. The highest BCUT2D eigenvalue weighted by atomic mass is 16.6. The normalized spacial score (nSPS) is 42.1. The van der Waals surface area contributed by atoms with Crippen molar-refractivity contribution in [2.45, 2.75) is 109 Å². The molecular formula is C39H55N3O3. The van der Waals surface area contributed by atoms with Gasteiger partial charge in [0.1, 0.15) is 5.60 Å². The van der Waals surface area contributed by atoms with Gasteiger partial charge < -0.3 is 20.2 Å². The molecule has 0 radical (unpaired) electrons. The molecule has 1 saturated heterocycles. The highest BCUT2D eigenvalue weighted by Crippen LogP contribution is 2.67. The number of oxime groups is 1. The quantitative estimate of drug-likeness (QED) is 0.272. The Bertz CT molecular complexity index is 1370. The third-order valence-electron chi connectivity index (χ3n) is 13.9. The first-order valence-corrected chi connectivity index (χ1v) is 17.6. The molecule has 0 aromatic heterocycles. The van der Waals surface area contributed by atoms with Crippen LogP contribution in [0.15, 0.2) is 47.1 Å². The Morgan fingerprint density at radius 3 is 2.62 bits per heavy atom. The highest BCUT2D eigenvalue weighted by Gasteiger charge is 2.63. The van der Waals surface area contributed by atoms with E-state index in [-0.39, 0.29) is 28.8 Å². The minimum absolute atomic E-state index is 0.0404. The molecule has 6 rings (SSSR count). The standard InChI is InChI=1S/C39H55N3O3/c1-7-39(44)20-17-34-32-14-13-30-23-31(15-18-36(30,4)33(32)16-19-37(34,39)5)41-45-26-35(43)40-22-21-38(29-11-9-8-10-12-29)24-28(3)42(6)25-27(38)2/h1,8-12,23,27-28,32-34,44H,13-22,24-26H2,2-6H3,(H,40,43)/b41-31+/t27-,28-,32-,33+,34+,36+,37+,38-,39+/m1/s1. The number of amides is 1. The Labute approximate surface area is 271 Å². The molecule has 1 aliphatic heterocycles. The van der Waals surface area contributed by atoms with Crippen molar-refractivity contribution in [1.29, 1.82) is 0 Å². The molecule has 0 spiro atoms. The minimum Gasteiger partial charge on any atom is -0.385 e. The number of likely N-dealkylation sites (tertiary alicyclic amines) is 1. The summed E-state index contributed by atoms with van der Waals surface area (Å²) in [5.74, 6) is 4.92. The van der Waals surface area contributed by atoms with E-state index in [1.807, 2.05) is 0 Å². The van der Waals surface area contributed by atoms with Crippen molar-refractivity contribution in [3.63, 3.8) is 0 Å². The molecule has 6 nitrogen and oxygen atoms in total. The number of terminal acetylenes is 1. The van der Waals surface area contributed by atoms with E-state index >= 15 is 0 Å². The molecule has 3 saturated carbocycles. The lowest BCUT2D eigenvalue weighted by atomic mass is 9.46. The third kappa shape index (κ3) is 5.46. The lowest BCUT2D eigenvalue weighted by Gasteiger charge is -2.58. The number of benzene rings is 1. The summed E-state index contributed by atoms with van der Waals surface area (Å²) in [6.45, 7) is 11.0. The Morgan fingerprint density at radius 2 is 1.87 bits per heavy atom. The first-order chi connectivity index (χ1) is 21.5. The maximum Gasteiger partial charge on any atom is 0.260 e. The van der Waals surface area contributed by atoms with Gasteiger partial charge in [0.2, 0.25) is 0 Å². The van der Waals surface area contributed by atoms with Crippen molar-refractivity contribution in [2.75, 3.05) is 26.7 Å². The molecule has 244 valence electrons. The lowest BCUT2D eigenvalue weighted by molar-refractivity contribution is -0.125. The van der Waals surface area contributed by atoms with Gasteiger partial charge in [0.15, 0.2) is 6.61 Å². The summed E-state index contributed by atoms with van der Waals surface area (Å²) >= 11 is 0. The number of hydrogen-bond acceptors (Lipinski definition) is 5. The van der Waals surface area contributed by atoms with Gasteiger partial charge in [0, 0.05) is 30.0 Å². The van der Waals surface area contributed by atoms with Crippen LogP contribution in [0.2, 0.25) is 0 Å². The number of piperidine rings is 1. The summed E-state index contributed by atoms with van der Waals surface area (Å²) < 4.78 is 0. The van der Waals surface area contributed by atoms with Crippen LogP contribution >= 0.6 is 0 Å². The van der Waals surface area contributed by atoms with E-state index in [0.717, 1.165) is 76.5 Å². The van der Waals surface area contributed by atoms with Crippen LogP contribution in [-0.2, 0) is 15.0 Å². The highest BCUT2D eigenvalue weighted by molar-refractivity contribution is 5.96. The zero-order valence-electron chi connectivity index (χ0n) is 28.3. The maximum absolute atomic E-state index is 12.8. The van der Waals surface area contributed by atoms with Crippen LogP contribution in [0, 0.1) is 46.8 Å². The topological polar surface area (TPSA) is 74.2 Å². The van der Waals surface area contributed by atoms with Gasteiger partial charge in [-0.3, -0.25) is 4.79 Å². The Morgan fingerprint density at radius 1 is 1.11 bits per heavy atom. The number of aliphatic hydroxyl groups is 1. The summed E-state index contributed by atoms with van der Waals surface area (Å²) in [5.41, 5.74) is 2.90. The van der Waals surface area contributed by atoms with E-state index in [1.165, 1.54) is 11.1 Å². The SMILES string of the molecule is C#C[C@]1(O)CC[C@H]2[C@@H]3CCC4=C/C(=N/OCC(=O)NCC[C@@]5(c6ccccc6)C[C@@H](C)N(C)C[C@H]5C)CC[C@]4(C)[C@H]3CC[C@@]21C. The first kappa shape index (κ1) is 32.3. The summed E-state index contributed by atoms with van der Waals surface area (Å²) in [6, 6.07) is 11.3. The number of allylic oxidation sites excluding steroid dienone is 2. The molecular weight excluding hydrogens is 558 g/mol. The third-order valence-corrected chi connectivity index (χ3v) is 13.9. The maximum atomic E-state index is 12.8. The summed E-state index contributed by atoms with van der Waals surface area (Å²) in [5, 5.41) is 18.9. The fourth-order valence-corrected chi connectivity index (χ4v) is 10.9. The molecule has 6 heteroatoms. The molecule has 0 unspecified atom stereocenters. The average Bonchev–Trinajstić information content (AvgIpc) is 3.31. The van der Waals surface area contributed by atoms with E-state index < -0.39 is 5.60 Å². The number of carbonyl (C=O) groups excluding carboxylic acids is 1. The molecule has 4 fully saturated rings. The van der Waals surface area contributed by atoms with E-state index in [2.05, 4.69) is 92.4 Å². The van der Waals surface area contributed by atoms with Crippen LogP contribution in [0.4, 0.5) is 0 Å². The number of hydrogen-bond donors (Lipinski definition) is 2. The zero-order valence-corrected chi connectivity index (χ0v) is 28.3. The van der Waals surface area contributed by atoms with Gasteiger partial charge in [-0.2, -0.15) is 0 Å². The van der Waals surface area contributed by atoms with Gasteiger partial charge in [0.05, 0.1) is 5.71 Å². The lowest BCUT2D eigenvalue weighted by Crippen LogP contribution is -2.54. The Hall–Kier alpha value is -2.62. The number of rotatable bonds is 7. The van der Waals surface area contributed by atoms with E-state index in [4.69, 9.17) is 11.3 Å². The van der Waals surface area contributed by atoms with Crippen molar-refractivity contribution < 1.29 is 14.7 Å². The van der Waals surface area contributed by atoms with Crippen molar-refractivity contribution in [1.82, 2.24) is 10.2 Å². The van der Waals surface area contributed by atoms with E-state index in [1.54, 1.807) is 0 Å². The molecule has 9 atom stereocenters. The Kier molecular flexibility index (Phi) is 8.76. The minimum atomic E-state index is -0.955. The van der Waals surface area contributed by atoms with Crippen LogP contribution in [0.3, 0.4) is 0 Å². The number of carbonyl (C=O) groups is 1. The van der Waals surface area contributed by atoms with Crippen LogP contribution in [0.25, 0.3) is 0 Å². The molecule has 1 aromatic rings. The predicted octanol–water partition coefficient (Wildman–Crippen LogP) is 6.49. The van der Waals surface area contributed by atoms with Crippen molar-refractivity contribution in [2.24, 2.45) is 39.7 Å². The summed E-state index contributed by atoms with van der Waals surface area (Å²) in [7, 11) is 2.21. The number of fused-ring (bicyclic) bond motifs is 5. The second kappa shape index (κ2) is 12.2. The van der Waals surface area contributed by atoms with Crippen molar-refractivity contribution in [3.05, 3.63) is 47.5 Å². The summed E-state index contributed by atoms with van der Waals surface area (Å²) in [6.07, 6.45) is 18.2. The predicted molar refractivity (Wildman–Crippen MR) is 180 cm³/mol. The monoisotopic (exact) mass is 613 g/mol. The van der Waals surface area contributed by atoms with Gasteiger partial charge in [0.25, 0.3) is 5.91 Å². The van der Waals surface area contributed by atoms with Crippen LogP contribution in [-0.4, -0.2) is 60.0 Å². The van der Waals surface area contributed by atoms with Gasteiger partial charge in [-0.1, -0.05) is 67.8 Å². The largest absolute Gasteiger partial charge is 0.385 e. The molecule has 2 N–H and O–H groups in total. The van der Waals surface area contributed by atoms with Crippen molar-refractivity contribution >= 4 is 11.6 Å². The molecule has 45 heavy (non-hydrogen) atoms. The van der Waals surface area contributed by atoms with Crippen molar-refractivity contribution in [3.8, 4) is 12.3 Å². The average molecular weight is 614 g/mol. The first-order valence-electron chi connectivity index (χ1n) is 17.6. The van der Waals surface area contributed by atoms with Gasteiger partial charge in [-0.05, 0) is 119 Å². The molecule has 1 heterocycles. The molecule has 4 aliphatic carbocycles. The van der Waals surface area contributed by atoms with Crippen LogP contribution < -0.4 is 5.32 Å². The molecule has 1 aromatic carbocycles.